The molecule has 4 nitrogen and oxygen atoms in total. The minimum Gasteiger partial charge on any atom is -0.349 e. The summed E-state index contributed by atoms with van der Waals surface area (Å²) in [6.45, 7) is 6.34. The number of carbonyl (C=O) groups is 1. The molecule has 0 aliphatic heterocycles. The average molecular weight is 540 g/mol. The van der Waals surface area contributed by atoms with Crippen LogP contribution >= 0.6 is 0 Å². The molecule has 6 rings (SSSR count). The molecular weight excluding hydrogens is 502 g/mol. The molecule has 0 radical (unpaired) electrons. The first kappa shape index (κ1) is 26.9. The van der Waals surface area contributed by atoms with Gasteiger partial charge in [-0.3, -0.25) is 9.78 Å². The number of hydrogen-bond acceptors (Lipinski definition) is 3. The topological polar surface area (TPSA) is 54.9 Å². The number of carbonyl (C=O) groups excluding carboxylic acids is 1. The summed E-state index contributed by atoms with van der Waals surface area (Å²) in [5.74, 6) is 0.491. The molecular formula is C37H37N3O. The summed E-state index contributed by atoms with van der Waals surface area (Å²) in [5.41, 5.74) is 10.5. The summed E-state index contributed by atoms with van der Waals surface area (Å²) in [6.07, 6.45) is 7.99. The first-order chi connectivity index (χ1) is 20.0. The normalized spacial score (nSPS) is 14.6. The molecule has 41 heavy (non-hydrogen) atoms. The van der Waals surface area contributed by atoms with Crippen LogP contribution in [0.25, 0.3) is 44.5 Å². The Morgan fingerprint density at radius 1 is 0.732 bits per heavy atom. The van der Waals surface area contributed by atoms with Gasteiger partial charge in [0.25, 0.3) is 5.91 Å². The number of aromatic nitrogens is 2. The van der Waals surface area contributed by atoms with Crippen molar-refractivity contribution in [3.05, 3.63) is 108 Å². The molecule has 1 amide bonds. The highest BCUT2D eigenvalue weighted by Gasteiger charge is 2.23. The van der Waals surface area contributed by atoms with Gasteiger partial charge in [-0.1, -0.05) is 109 Å². The highest BCUT2D eigenvalue weighted by molar-refractivity contribution is 6.03. The van der Waals surface area contributed by atoms with Gasteiger partial charge >= 0.3 is 0 Å². The highest BCUT2D eigenvalue weighted by atomic mass is 16.1. The van der Waals surface area contributed by atoms with E-state index in [0.29, 0.717) is 17.2 Å². The van der Waals surface area contributed by atoms with E-state index in [1.54, 1.807) is 0 Å². The van der Waals surface area contributed by atoms with Crippen molar-refractivity contribution >= 4 is 16.9 Å². The molecule has 1 heterocycles. The largest absolute Gasteiger partial charge is 0.349 e. The Hall–Kier alpha value is -4.31. The van der Waals surface area contributed by atoms with Crippen LogP contribution in [0.15, 0.2) is 91.1 Å². The molecule has 1 aliphatic rings. The van der Waals surface area contributed by atoms with E-state index < -0.39 is 0 Å². The molecule has 1 N–H and O–H groups in total. The number of aryl methyl sites for hydroxylation is 2. The smallest absolute Gasteiger partial charge is 0.252 e. The number of nitrogens with zero attached hydrogens (tertiary/aromatic N) is 2. The number of benzene rings is 4. The van der Waals surface area contributed by atoms with E-state index in [0.717, 1.165) is 38.9 Å². The predicted molar refractivity (Wildman–Crippen MR) is 169 cm³/mol. The van der Waals surface area contributed by atoms with Crippen molar-refractivity contribution in [2.45, 2.75) is 58.9 Å². The van der Waals surface area contributed by atoms with Gasteiger partial charge in [-0.2, -0.15) is 0 Å². The Balaban J connectivity index is 1.44. The molecule has 1 atom stereocenters. The molecule has 0 unspecified atom stereocenters. The summed E-state index contributed by atoms with van der Waals surface area (Å²) in [4.78, 5) is 23.8. The number of amides is 1. The molecule has 1 saturated carbocycles. The van der Waals surface area contributed by atoms with E-state index in [4.69, 9.17) is 9.97 Å². The average Bonchev–Trinajstić information content (AvgIpc) is 3.01. The molecule has 4 heteroatoms. The lowest BCUT2D eigenvalue weighted by Gasteiger charge is -2.28. The van der Waals surface area contributed by atoms with Crippen LogP contribution in [0.3, 0.4) is 0 Å². The second-order valence-corrected chi connectivity index (χ2v) is 11.6. The third-order valence-corrected chi connectivity index (χ3v) is 8.59. The first-order valence-corrected chi connectivity index (χ1v) is 14.8. The molecule has 4 aromatic carbocycles. The Labute approximate surface area is 242 Å². The molecule has 206 valence electrons. The van der Waals surface area contributed by atoms with Crippen molar-refractivity contribution in [1.29, 1.82) is 0 Å². The van der Waals surface area contributed by atoms with Crippen LogP contribution in [0.1, 0.15) is 60.5 Å². The van der Waals surface area contributed by atoms with Gasteiger partial charge in [0.05, 0.1) is 22.9 Å². The number of hydrogen-bond donors (Lipinski definition) is 1. The lowest BCUT2D eigenvalue weighted by molar-refractivity contribution is 0.0920. The maximum absolute atomic E-state index is 13.6. The van der Waals surface area contributed by atoms with E-state index in [-0.39, 0.29) is 11.9 Å². The lowest BCUT2D eigenvalue weighted by Crippen LogP contribution is -2.39. The summed E-state index contributed by atoms with van der Waals surface area (Å²) in [6, 6.07) is 29.2. The van der Waals surface area contributed by atoms with E-state index in [9.17, 15) is 4.79 Å². The number of fused-ring (bicyclic) bond motifs is 1. The van der Waals surface area contributed by atoms with Gasteiger partial charge in [0.1, 0.15) is 0 Å². The zero-order chi connectivity index (χ0) is 28.3. The van der Waals surface area contributed by atoms with E-state index in [1.807, 2.05) is 30.5 Å². The lowest BCUT2D eigenvalue weighted by atomic mass is 9.84. The van der Waals surface area contributed by atoms with E-state index in [2.05, 4.69) is 86.8 Å². The van der Waals surface area contributed by atoms with Crippen LogP contribution in [0.4, 0.5) is 0 Å². The molecule has 5 aromatic rings. The minimum absolute atomic E-state index is 0.0484. The van der Waals surface area contributed by atoms with Gasteiger partial charge in [0.15, 0.2) is 0 Å². The third kappa shape index (κ3) is 5.65. The van der Waals surface area contributed by atoms with Crippen molar-refractivity contribution in [3.63, 3.8) is 0 Å². The highest BCUT2D eigenvalue weighted by Crippen LogP contribution is 2.36. The molecule has 1 fully saturated rings. The Morgan fingerprint density at radius 3 is 1.95 bits per heavy atom. The number of rotatable bonds is 6. The minimum atomic E-state index is -0.0484. The van der Waals surface area contributed by atoms with Gasteiger partial charge in [0, 0.05) is 28.3 Å². The monoisotopic (exact) mass is 539 g/mol. The third-order valence-electron chi connectivity index (χ3n) is 8.59. The fourth-order valence-corrected chi connectivity index (χ4v) is 6.10. The van der Waals surface area contributed by atoms with Crippen LogP contribution in [0, 0.1) is 19.8 Å². The van der Waals surface area contributed by atoms with Gasteiger partial charge in [-0.05, 0) is 56.7 Å². The predicted octanol–water partition coefficient (Wildman–Crippen LogP) is 8.95. The van der Waals surface area contributed by atoms with Crippen LogP contribution in [0.2, 0.25) is 0 Å². The second-order valence-electron chi connectivity index (χ2n) is 11.6. The molecule has 0 saturated heterocycles. The summed E-state index contributed by atoms with van der Waals surface area (Å²) >= 11 is 0. The fourth-order valence-electron chi connectivity index (χ4n) is 6.10. The fraction of sp³-hybridized carbons (Fsp3) is 0.270. The zero-order valence-corrected chi connectivity index (χ0v) is 24.2. The van der Waals surface area contributed by atoms with Gasteiger partial charge in [-0.25, -0.2) is 4.98 Å². The maximum Gasteiger partial charge on any atom is 0.252 e. The van der Waals surface area contributed by atoms with E-state index in [1.165, 1.54) is 43.2 Å². The first-order valence-electron chi connectivity index (χ1n) is 14.8. The molecule has 1 aromatic heterocycles. The molecule has 1 aliphatic carbocycles. The van der Waals surface area contributed by atoms with Gasteiger partial charge in [0.2, 0.25) is 0 Å². The summed E-state index contributed by atoms with van der Waals surface area (Å²) in [7, 11) is 0. The van der Waals surface area contributed by atoms with Crippen LogP contribution < -0.4 is 5.32 Å². The van der Waals surface area contributed by atoms with Crippen LogP contribution in [-0.4, -0.2) is 21.9 Å². The Bertz CT molecular complexity index is 1680. The quantitative estimate of drug-likeness (QED) is 0.234. The Kier molecular flexibility index (Phi) is 7.65. The molecule has 0 spiro atoms. The van der Waals surface area contributed by atoms with Crippen LogP contribution in [-0.2, 0) is 0 Å². The number of nitrogens with one attached hydrogen (secondary N) is 1. The van der Waals surface area contributed by atoms with Crippen molar-refractivity contribution in [3.8, 4) is 33.5 Å². The van der Waals surface area contributed by atoms with Crippen molar-refractivity contribution in [2.75, 3.05) is 0 Å². The van der Waals surface area contributed by atoms with Gasteiger partial charge in [-0.15, -0.1) is 0 Å². The van der Waals surface area contributed by atoms with Crippen molar-refractivity contribution in [1.82, 2.24) is 15.3 Å². The van der Waals surface area contributed by atoms with E-state index >= 15 is 0 Å². The Morgan fingerprint density at radius 2 is 1.32 bits per heavy atom. The second kappa shape index (κ2) is 11.7. The summed E-state index contributed by atoms with van der Waals surface area (Å²) < 4.78 is 0. The van der Waals surface area contributed by atoms with Crippen LogP contribution in [0.5, 0.6) is 0 Å². The molecule has 0 bridgehead atoms. The zero-order valence-electron chi connectivity index (χ0n) is 24.2. The SMILES string of the molecule is Cc1ccc(-c2ccc(-c3ccc(C)cc3)c3nc(-c4ccccc4C(=O)N[C@H](C)C4CCCCC4)cnc23)cc1. The van der Waals surface area contributed by atoms with Crippen molar-refractivity contribution < 1.29 is 4.79 Å². The summed E-state index contributed by atoms with van der Waals surface area (Å²) in [5, 5.41) is 3.30. The standard InChI is InChI=1S/C37H37N3O/c1-24-13-17-28(18-14-24)30-21-22-31(29-19-15-25(2)16-20-29)36-35(30)38-23-34(40-36)32-11-7-8-12-33(32)37(41)39-26(3)27-9-5-4-6-10-27/h7-8,11-23,26-27H,4-6,9-10H2,1-3H3,(H,39,41)/t26-/m1/s1. The van der Waals surface area contributed by atoms with Gasteiger partial charge < -0.3 is 5.32 Å². The maximum atomic E-state index is 13.6. The van der Waals surface area contributed by atoms with Crippen molar-refractivity contribution in [2.24, 2.45) is 5.92 Å².